The highest BCUT2D eigenvalue weighted by atomic mass is 32.2. The van der Waals surface area contributed by atoms with Crippen molar-refractivity contribution in [1.29, 1.82) is 0 Å². The molecule has 0 fully saturated rings. The van der Waals surface area contributed by atoms with Gasteiger partial charge in [-0.25, -0.2) is 8.42 Å². The SMILES string of the molecule is CC(NC(=O)c1cccc(NS(C)(=O)=O)c1)c1ccncc1. The summed E-state index contributed by atoms with van der Waals surface area (Å²) in [5.41, 5.74) is 1.68. The first-order chi connectivity index (χ1) is 10.3. The second-order valence-corrected chi connectivity index (χ2v) is 6.68. The van der Waals surface area contributed by atoms with Gasteiger partial charge in [0.25, 0.3) is 5.91 Å². The minimum atomic E-state index is -3.37. The van der Waals surface area contributed by atoms with E-state index in [-0.39, 0.29) is 11.9 Å². The van der Waals surface area contributed by atoms with Gasteiger partial charge in [0.15, 0.2) is 0 Å². The Morgan fingerprint density at radius 2 is 1.86 bits per heavy atom. The molecule has 2 rings (SSSR count). The lowest BCUT2D eigenvalue weighted by Gasteiger charge is -2.14. The van der Waals surface area contributed by atoms with Crippen molar-refractivity contribution in [2.75, 3.05) is 11.0 Å². The number of anilines is 1. The molecule has 0 saturated heterocycles. The van der Waals surface area contributed by atoms with Crippen molar-refractivity contribution in [2.45, 2.75) is 13.0 Å². The van der Waals surface area contributed by atoms with E-state index in [2.05, 4.69) is 15.0 Å². The van der Waals surface area contributed by atoms with Crippen molar-refractivity contribution in [3.05, 3.63) is 59.9 Å². The number of hydrogen-bond donors (Lipinski definition) is 2. The molecule has 0 spiro atoms. The second kappa shape index (κ2) is 6.57. The van der Waals surface area contributed by atoms with Crippen LogP contribution in [0.5, 0.6) is 0 Å². The van der Waals surface area contributed by atoms with E-state index < -0.39 is 10.0 Å². The minimum absolute atomic E-state index is 0.179. The number of nitrogens with zero attached hydrogens (tertiary/aromatic N) is 1. The van der Waals surface area contributed by atoms with Crippen LogP contribution in [0.4, 0.5) is 5.69 Å². The summed E-state index contributed by atoms with van der Waals surface area (Å²) in [4.78, 5) is 16.2. The van der Waals surface area contributed by atoms with Gasteiger partial charge < -0.3 is 5.32 Å². The first-order valence-electron chi connectivity index (χ1n) is 6.64. The van der Waals surface area contributed by atoms with Crippen molar-refractivity contribution >= 4 is 21.6 Å². The fourth-order valence-electron chi connectivity index (χ4n) is 1.95. The molecule has 2 aromatic rings. The normalized spacial score (nSPS) is 12.5. The Hall–Kier alpha value is -2.41. The summed E-state index contributed by atoms with van der Waals surface area (Å²) in [6.07, 6.45) is 4.38. The van der Waals surface area contributed by atoms with Crippen molar-refractivity contribution in [2.24, 2.45) is 0 Å². The maximum Gasteiger partial charge on any atom is 0.251 e. The van der Waals surface area contributed by atoms with Crippen molar-refractivity contribution in [3.8, 4) is 0 Å². The molecule has 1 unspecified atom stereocenters. The second-order valence-electron chi connectivity index (χ2n) is 4.93. The smallest absolute Gasteiger partial charge is 0.251 e. The molecule has 0 aliphatic rings. The molecule has 1 heterocycles. The third-order valence-electron chi connectivity index (χ3n) is 2.98. The van der Waals surface area contributed by atoms with Gasteiger partial charge in [0.1, 0.15) is 0 Å². The maximum absolute atomic E-state index is 12.2. The zero-order chi connectivity index (χ0) is 16.2. The van der Waals surface area contributed by atoms with Crippen LogP contribution in [0.25, 0.3) is 0 Å². The molecule has 22 heavy (non-hydrogen) atoms. The van der Waals surface area contributed by atoms with Gasteiger partial charge in [-0.15, -0.1) is 0 Å². The summed E-state index contributed by atoms with van der Waals surface area (Å²) >= 11 is 0. The van der Waals surface area contributed by atoms with Crippen LogP contribution in [0.2, 0.25) is 0 Å². The summed E-state index contributed by atoms with van der Waals surface area (Å²) in [5, 5.41) is 2.86. The molecular weight excluding hydrogens is 302 g/mol. The predicted molar refractivity (Wildman–Crippen MR) is 85.0 cm³/mol. The van der Waals surface area contributed by atoms with Gasteiger partial charge in [-0.05, 0) is 42.8 Å². The highest BCUT2D eigenvalue weighted by Crippen LogP contribution is 2.15. The summed E-state index contributed by atoms with van der Waals surface area (Å²) < 4.78 is 24.8. The molecule has 0 bridgehead atoms. The number of nitrogens with one attached hydrogen (secondary N) is 2. The average Bonchev–Trinajstić information content (AvgIpc) is 2.46. The Balaban J connectivity index is 2.11. The van der Waals surface area contributed by atoms with E-state index in [4.69, 9.17) is 0 Å². The Morgan fingerprint density at radius 3 is 2.50 bits per heavy atom. The van der Waals surface area contributed by atoms with Crippen LogP contribution < -0.4 is 10.0 Å². The summed E-state index contributed by atoms with van der Waals surface area (Å²) in [7, 11) is -3.37. The number of rotatable bonds is 5. The fourth-order valence-corrected chi connectivity index (χ4v) is 2.51. The lowest BCUT2D eigenvalue weighted by Crippen LogP contribution is -2.26. The van der Waals surface area contributed by atoms with Crippen LogP contribution in [-0.2, 0) is 10.0 Å². The van der Waals surface area contributed by atoms with E-state index >= 15 is 0 Å². The summed E-state index contributed by atoms with van der Waals surface area (Å²) in [6.45, 7) is 1.87. The number of amides is 1. The first-order valence-corrected chi connectivity index (χ1v) is 8.53. The number of aromatic nitrogens is 1. The van der Waals surface area contributed by atoms with Gasteiger partial charge in [0, 0.05) is 23.6 Å². The van der Waals surface area contributed by atoms with Crippen LogP contribution in [0.3, 0.4) is 0 Å². The number of sulfonamides is 1. The van der Waals surface area contributed by atoms with E-state index in [1.165, 1.54) is 6.07 Å². The summed E-state index contributed by atoms with van der Waals surface area (Å²) in [6, 6.07) is 9.81. The van der Waals surface area contributed by atoms with Crippen molar-refractivity contribution < 1.29 is 13.2 Å². The monoisotopic (exact) mass is 319 g/mol. The minimum Gasteiger partial charge on any atom is -0.346 e. The molecular formula is C15H17N3O3S. The Labute approximate surface area is 129 Å². The van der Waals surface area contributed by atoms with E-state index in [1.54, 1.807) is 30.6 Å². The zero-order valence-electron chi connectivity index (χ0n) is 12.3. The molecule has 116 valence electrons. The number of hydrogen-bond acceptors (Lipinski definition) is 4. The van der Waals surface area contributed by atoms with Gasteiger partial charge in [-0.1, -0.05) is 6.07 Å². The lowest BCUT2D eigenvalue weighted by atomic mass is 10.1. The molecule has 1 aromatic heterocycles. The lowest BCUT2D eigenvalue weighted by molar-refractivity contribution is 0.0940. The third kappa shape index (κ3) is 4.56. The average molecular weight is 319 g/mol. The maximum atomic E-state index is 12.2. The van der Waals surface area contributed by atoms with Crippen molar-refractivity contribution in [3.63, 3.8) is 0 Å². The van der Waals surface area contributed by atoms with Gasteiger partial charge in [0.05, 0.1) is 12.3 Å². The molecule has 1 atom stereocenters. The van der Waals surface area contributed by atoms with E-state index in [0.717, 1.165) is 11.8 Å². The molecule has 0 aliphatic carbocycles. The third-order valence-corrected chi connectivity index (χ3v) is 3.59. The first kappa shape index (κ1) is 16.0. The molecule has 0 aliphatic heterocycles. The van der Waals surface area contributed by atoms with Gasteiger partial charge in [0.2, 0.25) is 10.0 Å². The number of carbonyl (C=O) groups is 1. The van der Waals surface area contributed by atoms with Crippen molar-refractivity contribution in [1.82, 2.24) is 10.3 Å². The van der Waals surface area contributed by atoms with E-state index in [9.17, 15) is 13.2 Å². The number of pyridine rings is 1. The number of carbonyl (C=O) groups excluding carboxylic acids is 1. The van der Waals surface area contributed by atoms with Crippen LogP contribution >= 0.6 is 0 Å². The molecule has 1 aromatic carbocycles. The molecule has 2 N–H and O–H groups in total. The predicted octanol–water partition coefficient (Wildman–Crippen LogP) is 1.94. The fraction of sp³-hybridized carbons (Fsp3) is 0.200. The largest absolute Gasteiger partial charge is 0.346 e. The molecule has 6 nitrogen and oxygen atoms in total. The molecule has 0 radical (unpaired) electrons. The molecule has 7 heteroatoms. The van der Waals surface area contributed by atoms with Gasteiger partial charge in [-0.3, -0.25) is 14.5 Å². The van der Waals surface area contributed by atoms with Crippen LogP contribution in [0.1, 0.15) is 28.9 Å². The van der Waals surface area contributed by atoms with Crippen LogP contribution in [0.15, 0.2) is 48.8 Å². The van der Waals surface area contributed by atoms with E-state index in [1.807, 2.05) is 19.1 Å². The van der Waals surface area contributed by atoms with Gasteiger partial charge in [-0.2, -0.15) is 0 Å². The standard InChI is InChI=1S/C15H17N3O3S/c1-11(12-6-8-16-9-7-12)17-15(19)13-4-3-5-14(10-13)18-22(2,20)21/h3-11,18H,1-2H3,(H,17,19). The molecule has 1 amide bonds. The Bertz CT molecular complexity index is 761. The van der Waals surface area contributed by atoms with E-state index in [0.29, 0.717) is 11.3 Å². The Morgan fingerprint density at radius 1 is 1.18 bits per heavy atom. The highest BCUT2D eigenvalue weighted by molar-refractivity contribution is 7.92. The quantitative estimate of drug-likeness (QED) is 0.881. The number of benzene rings is 1. The van der Waals surface area contributed by atoms with Gasteiger partial charge >= 0.3 is 0 Å². The topological polar surface area (TPSA) is 88.2 Å². The van der Waals surface area contributed by atoms with Crippen LogP contribution in [-0.4, -0.2) is 25.6 Å². The zero-order valence-corrected chi connectivity index (χ0v) is 13.1. The summed E-state index contributed by atoms with van der Waals surface area (Å²) in [5.74, 6) is -0.276. The molecule has 0 saturated carbocycles. The Kier molecular flexibility index (Phi) is 4.77. The van der Waals surface area contributed by atoms with Crippen LogP contribution in [0, 0.1) is 0 Å². The highest BCUT2D eigenvalue weighted by Gasteiger charge is 2.12.